The molecule has 256 valence electrons. The molecule has 3 aromatic rings. The lowest BCUT2D eigenvalue weighted by Gasteiger charge is -2.27. The number of halogens is 2. The van der Waals surface area contributed by atoms with E-state index in [1.54, 1.807) is 26.8 Å². The summed E-state index contributed by atoms with van der Waals surface area (Å²) in [6.45, 7) is 10.4. The number of rotatable bonds is 15. The summed E-state index contributed by atoms with van der Waals surface area (Å²) < 4.78 is 65.2. The van der Waals surface area contributed by atoms with Crippen LogP contribution < -0.4 is 5.32 Å². The van der Waals surface area contributed by atoms with Crippen LogP contribution in [0, 0.1) is 0 Å². The molecule has 17 heteroatoms. The predicted molar refractivity (Wildman–Crippen MR) is 177 cm³/mol. The lowest BCUT2D eigenvalue weighted by Crippen LogP contribution is -2.34. The van der Waals surface area contributed by atoms with Gasteiger partial charge in [-0.25, -0.2) is 13.1 Å². The van der Waals surface area contributed by atoms with Crippen LogP contribution in [0.4, 0.5) is 5.82 Å². The number of benzene rings is 1. The Balaban J connectivity index is 1.59. The van der Waals surface area contributed by atoms with Crippen LogP contribution in [-0.2, 0) is 39.5 Å². The Labute approximate surface area is 279 Å². The molecule has 1 aliphatic rings. The van der Waals surface area contributed by atoms with Crippen molar-refractivity contribution >= 4 is 57.5 Å². The number of aliphatic hydroxyl groups is 1. The van der Waals surface area contributed by atoms with Gasteiger partial charge in [0.05, 0.1) is 35.6 Å². The Morgan fingerprint density at radius 3 is 2.54 bits per heavy atom. The molecule has 1 aliphatic heterocycles. The molecule has 13 nitrogen and oxygen atoms in total. The van der Waals surface area contributed by atoms with Crippen LogP contribution in [0.15, 0.2) is 30.5 Å². The molecular formula is C29H42Cl2N5O8PS. The molecule has 3 heterocycles. The highest BCUT2D eigenvalue weighted by molar-refractivity contribution is 7.97. The van der Waals surface area contributed by atoms with Crippen LogP contribution in [0.25, 0.3) is 11.0 Å². The maximum absolute atomic E-state index is 13.6. The highest BCUT2D eigenvalue weighted by atomic mass is 35.5. The van der Waals surface area contributed by atoms with Gasteiger partial charge in [0.25, 0.3) is 0 Å². The van der Waals surface area contributed by atoms with E-state index in [-0.39, 0.29) is 18.3 Å². The second-order valence-corrected chi connectivity index (χ2v) is 17.9. The fourth-order valence-electron chi connectivity index (χ4n) is 4.99. The molecule has 0 amide bonds. The van der Waals surface area contributed by atoms with E-state index in [0.29, 0.717) is 34.8 Å². The van der Waals surface area contributed by atoms with Crippen molar-refractivity contribution in [1.29, 1.82) is 0 Å². The van der Waals surface area contributed by atoms with Gasteiger partial charge < -0.3 is 28.9 Å². The minimum absolute atomic E-state index is 0.0642. The molecule has 0 spiro atoms. The molecule has 0 radical (unpaired) electrons. The average Bonchev–Trinajstić information content (AvgIpc) is 3.48. The van der Waals surface area contributed by atoms with Crippen LogP contribution in [0.5, 0.6) is 0 Å². The molecule has 4 rings (SSSR count). The maximum atomic E-state index is 13.6. The van der Waals surface area contributed by atoms with E-state index in [0.717, 1.165) is 12.0 Å². The molecule has 1 saturated heterocycles. The number of anilines is 1. The summed E-state index contributed by atoms with van der Waals surface area (Å²) in [5.41, 5.74) is -0.568. The van der Waals surface area contributed by atoms with Crippen LogP contribution in [0.1, 0.15) is 72.6 Å². The van der Waals surface area contributed by atoms with Crippen molar-refractivity contribution in [3.8, 4) is 0 Å². The molecule has 0 aliphatic carbocycles. The number of nitrogens with one attached hydrogen (secondary N) is 1. The van der Waals surface area contributed by atoms with E-state index >= 15 is 0 Å². The number of fused-ring (bicyclic) bond motifs is 1. The molecule has 46 heavy (non-hydrogen) atoms. The Morgan fingerprint density at radius 2 is 1.89 bits per heavy atom. The smallest absolute Gasteiger partial charge is 0.346 e. The second-order valence-electron chi connectivity index (χ2n) is 12.6. The number of sulfone groups is 1. The van der Waals surface area contributed by atoms with Crippen molar-refractivity contribution in [2.45, 2.75) is 97.2 Å². The summed E-state index contributed by atoms with van der Waals surface area (Å²) in [5, 5.41) is 19.2. The number of unbranched alkanes of at least 4 members (excludes halogenated alkanes) is 1. The summed E-state index contributed by atoms with van der Waals surface area (Å²) in [5.74, 6) is -1.68. The van der Waals surface area contributed by atoms with E-state index in [1.807, 2.05) is 25.1 Å². The molecule has 1 aromatic carbocycles. The summed E-state index contributed by atoms with van der Waals surface area (Å²) in [6, 6.07) is 7.37. The van der Waals surface area contributed by atoms with Gasteiger partial charge in [-0.15, -0.1) is 0 Å². The van der Waals surface area contributed by atoms with Crippen molar-refractivity contribution in [1.82, 2.24) is 19.7 Å². The Kier molecular flexibility index (Phi) is 11.8. The number of ether oxygens (including phenoxy) is 2. The van der Waals surface area contributed by atoms with Gasteiger partial charge in [0.1, 0.15) is 11.9 Å². The van der Waals surface area contributed by atoms with Gasteiger partial charge in [-0.2, -0.15) is 15.1 Å². The fourth-order valence-corrected chi connectivity index (χ4v) is 10.3. The molecule has 2 N–H and O–H groups in total. The number of hydrogen-bond donors (Lipinski definition) is 2. The summed E-state index contributed by atoms with van der Waals surface area (Å²) in [7, 11) is -8.05. The van der Waals surface area contributed by atoms with Gasteiger partial charge >= 0.3 is 7.60 Å². The monoisotopic (exact) mass is 721 g/mol. The molecule has 0 bridgehead atoms. The van der Waals surface area contributed by atoms with Crippen molar-refractivity contribution in [2.24, 2.45) is 0 Å². The summed E-state index contributed by atoms with van der Waals surface area (Å²) in [6.07, 6.45) is 0.244. The first-order valence-electron chi connectivity index (χ1n) is 15.0. The average molecular weight is 723 g/mol. The third-order valence-electron chi connectivity index (χ3n) is 6.65. The Morgan fingerprint density at radius 1 is 1.17 bits per heavy atom. The lowest BCUT2D eigenvalue weighted by atomic mass is 10.2. The van der Waals surface area contributed by atoms with Gasteiger partial charge in [0.2, 0.25) is 5.28 Å². The highest BCUT2D eigenvalue weighted by Gasteiger charge is 2.45. The quantitative estimate of drug-likeness (QED) is 0.0775. The van der Waals surface area contributed by atoms with Gasteiger partial charge in [-0.05, 0) is 64.3 Å². The fraction of sp³-hybridized carbons (Fsp3) is 0.621. The molecule has 0 saturated carbocycles. The van der Waals surface area contributed by atoms with Crippen molar-refractivity contribution in [3.05, 3.63) is 46.3 Å². The second kappa shape index (κ2) is 14.7. The summed E-state index contributed by atoms with van der Waals surface area (Å²) >= 11 is 12.6. The van der Waals surface area contributed by atoms with E-state index in [9.17, 15) is 18.1 Å². The van der Waals surface area contributed by atoms with E-state index < -0.39 is 58.5 Å². The lowest BCUT2D eigenvalue weighted by molar-refractivity contribution is -0.223. The van der Waals surface area contributed by atoms with Gasteiger partial charge in [-0.3, -0.25) is 4.57 Å². The third kappa shape index (κ3) is 10.3. The molecule has 2 aromatic heterocycles. The van der Waals surface area contributed by atoms with Gasteiger partial charge in [0, 0.05) is 18.0 Å². The first-order chi connectivity index (χ1) is 21.4. The van der Waals surface area contributed by atoms with E-state index in [2.05, 4.69) is 20.4 Å². The SMILES string of the molecule is CCCCOP(=O)(CS(=O)(=O)C[C@@H]1C[C@@H](OC(C)(C)O)[C@H](n2ncc3c(NCc4ccccc4Cl)nc(Cl)nc32)O1)OC(C)(C)C. The van der Waals surface area contributed by atoms with E-state index in [4.69, 9.17) is 41.7 Å². The van der Waals surface area contributed by atoms with E-state index in [1.165, 1.54) is 24.7 Å². The number of nitrogens with zero attached hydrogens (tertiary/aromatic N) is 4. The number of aromatic nitrogens is 4. The Hall–Kier alpha value is -1.87. The predicted octanol–water partition coefficient (Wildman–Crippen LogP) is 6.34. The van der Waals surface area contributed by atoms with Crippen molar-refractivity contribution < 1.29 is 36.6 Å². The first kappa shape index (κ1) is 37.0. The zero-order valence-electron chi connectivity index (χ0n) is 26.8. The molecular weight excluding hydrogens is 680 g/mol. The number of hydrogen-bond acceptors (Lipinski definition) is 12. The molecule has 4 atom stereocenters. The topological polar surface area (TPSA) is 164 Å². The van der Waals surface area contributed by atoms with Crippen LogP contribution >= 0.6 is 30.8 Å². The normalized spacial score (nSPS) is 20.7. The van der Waals surface area contributed by atoms with Crippen molar-refractivity contribution in [2.75, 3.05) is 23.2 Å². The largest absolute Gasteiger partial charge is 0.366 e. The molecule has 1 fully saturated rings. The van der Waals surface area contributed by atoms with Crippen LogP contribution in [0.2, 0.25) is 10.3 Å². The maximum Gasteiger partial charge on any atom is 0.346 e. The zero-order chi connectivity index (χ0) is 33.9. The minimum atomic E-state index is -4.04. The van der Waals surface area contributed by atoms with Gasteiger partial charge in [0.15, 0.2) is 33.0 Å². The summed E-state index contributed by atoms with van der Waals surface area (Å²) in [4.78, 5) is 8.68. The zero-order valence-corrected chi connectivity index (χ0v) is 30.0. The Bertz CT molecular complexity index is 1660. The van der Waals surface area contributed by atoms with Gasteiger partial charge in [-0.1, -0.05) is 43.1 Å². The molecule has 1 unspecified atom stereocenters. The van der Waals surface area contributed by atoms with Crippen LogP contribution in [-0.4, -0.2) is 74.7 Å². The van der Waals surface area contributed by atoms with Crippen LogP contribution in [0.3, 0.4) is 0 Å². The standard InChI is InChI=1S/C29H42Cl2N5O8PS/c1-7-8-13-41-45(38,44-28(2,3)4)18-46(39,40)17-20-14-23(43-29(5,6)37)26(42-20)36-25-21(16-33-36)24(34-27(31)35-25)32-15-19-11-9-10-12-22(19)30/h9-12,16,20,23,26,37H,7-8,13-15,17-18H2,1-6H3,(H,32,34,35)/t20-,23+,26+,45?/m0/s1. The minimum Gasteiger partial charge on any atom is -0.366 e. The van der Waals surface area contributed by atoms with Crippen molar-refractivity contribution in [3.63, 3.8) is 0 Å². The highest BCUT2D eigenvalue weighted by Crippen LogP contribution is 2.53. The third-order valence-corrected chi connectivity index (χ3v) is 12.3. The first-order valence-corrected chi connectivity index (χ1v) is 19.3.